The summed E-state index contributed by atoms with van der Waals surface area (Å²) in [6.07, 6.45) is 9.20. The quantitative estimate of drug-likeness (QED) is 0.583. The van der Waals surface area contributed by atoms with Gasteiger partial charge in [0.15, 0.2) is 0 Å². The Labute approximate surface area is 83.0 Å². The first kappa shape index (κ1) is 9.01. The topological polar surface area (TPSA) is 9.23 Å². The van der Waals surface area contributed by atoms with Crippen molar-refractivity contribution in [1.29, 1.82) is 0 Å². The van der Waals surface area contributed by atoms with Crippen molar-refractivity contribution in [3.8, 4) is 0 Å². The van der Waals surface area contributed by atoms with Gasteiger partial charge in [-0.1, -0.05) is 35.2 Å². The Kier molecular flexibility index (Phi) is 2.75. The Balaban J connectivity index is 1.97. The molecular formula is C10H17BrO. The van der Waals surface area contributed by atoms with E-state index in [2.05, 4.69) is 15.9 Å². The van der Waals surface area contributed by atoms with Gasteiger partial charge in [-0.15, -0.1) is 0 Å². The largest absolute Gasteiger partial charge is 0.375 e. The van der Waals surface area contributed by atoms with E-state index in [1.807, 2.05) is 0 Å². The van der Waals surface area contributed by atoms with Crippen LogP contribution in [-0.2, 0) is 4.74 Å². The van der Waals surface area contributed by atoms with Gasteiger partial charge in [-0.3, -0.25) is 0 Å². The van der Waals surface area contributed by atoms with Crippen LogP contribution in [0, 0.1) is 0 Å². The zero-order valence-electron chi connectivity index (χ0n) is 7.52. The van der Waals surface area contributed by atoms with Gasteiger partial charge in [-0.05, 0) is 25.7 Å². The molecular weight excluding hydrogens is 216 g/mol. The predicted molar refractivity (Wildman–Crippen MR) is 53.7 cm³/mol. The maximum Gasteiger partial charge on any atom is 0.0693 e. The van der Waals surface area contributed by atoms with Gasteiger partial charge in [0.25, 0.3) is 0 Å². The van der Waals surface area contributed by atoms with E-state index in [1.54, 1.807) is 0 Å². The van der Waals surface area contributed by atoms with Crippen LogP contribution in [0.1, 0.15) is 44.9 Å². The van der Waals surface area contributed by atoms with Crippen LogP contribution in [0.25, 0.3) is 0 Å². The lowest BCUT2D eigenvalue weighted by atomic mass is 9.80. The maximum atomic E-state index is 5.95. The van der Waals surface area contributed by atoms with Crippen LogP contribution in [0.5, 0.6) is 0 Å². The molecule has 0 radical (unpaired) electrons. The first-order valence-corrected chi connectivity index (χ1v) is 6.00. The Morgan fingerprint density at radius 1 is 1.17 bits per heavy atom. The zero-order chi connectivity index (χ0) is 8.44. The van der Waals surface area contributed by atoms with Crippen molar-refractivity contribution in [2.24, 2.45) is 0 Å². The van der Waals surface area contributed by atoms with Crippen LogP contribution in [0.3, 0.4) is 0 Å². The van der Waals surface area contributed by atoms with Gasteiger partial charge >= 0.3 is 0 Å². The molecule has 1 aliphatic heterocycles. The van der Waals surface area contributed by atoms with E-state index in [1.165, 1.54) is 44.9 Å². The SMILES string of the molecule is BrC1CCOC2(CCCCC2)C1. The number of hydrogen-bond acceptors (Lipinski definition) is 1. The van der Waals surface area contributed by atoms with Gasteiger partial charge in [0.05, 0.1) is 5.60 Å². The smallest absolute Gasteiger partial charge is 0.0693 e. The summed E-state index contributed by atoms with van der Waals surface area (Å²) in [4.78, 5) is 0.712. The highest BCUT2D eigenvalue weighted by molar-refractivity contribution is 9.09. The minimum absolute atomic E-state index is 0.282. The van der Waals surface area contributed by atoms with E-state index in [4.69, 9.17) is 4.74 Å². The van der Waals surface area contributed by atoms with Gasteiger partial charge in [0.2, 0.25) is 0 Å². The molecule has 0 N–H and O–H groups in total. The number of hydrogen-bond donors (Lipinski definition) is 0. The lowest BCUT2D eigenvalue weighted by Crippen LogP contribution is -2.41. The third kappa shape index (κ3) is 1.85. The lowest BCUT2D eigenvalue weighted by Gasteiger charge is -2.42. The molecule has 1 spiro atoms. The van der Waals surface area contributed by atoms with E-state index in [-0.39, 0.29) is 5.60 Å². The van der Waals surface area contributed by atoms with Crippen molar-refractivity contribution in [3.63, 3.8) is 0 Å². The summed E-state index contributed by atoms with van der Waals surface area (Å²) < 4.78 is 5.95. The Morgan fingerprint density at radius 2 is 1.92 bits per heavy atom. The highest BCUT2D eigenvalue weighted by Gasteiger charge is 2.37. The van der Waals surface area contributed by atoms with Crippen LogP contribution >= 0.6 is 15.9 Å². The van der Waals surface area contributed by atoms with Crippen molar-refractivity contribution in [2.45, 2.75) is 55.4 Å². The van der Waals surface area contributed by atoms with Crippen molar-refractivity contribution in [3.05, 3.63) is 0 Å². The van der Waals surface area contributed by atoms with E-state index in [0.717, 1.165) is 6.61 Å². The fraction of sp³-hybridized carbons (Fsp3) is 1.00. The van der Waals surface area contributed by atoms with Crippen LogP contribution < -0.4 is 0 Å². The molecule has 0 aromatic carbocycles. The van der Waals surface area contributed by atoms with Gasteiger partial charge in [0, 0.05) is 11.4 Å². The van der Waals surface area contributed by atoms with Crippen molar-refractivity contribution in [2.75, 3.05) is 6.61 Å². The molecule has 70 valence electrons. The summed E-state index contributed by atoms with van der Waals surface area (Å²) in [6, 6.07) is 0. The normalized spacial score (nSPS) is 35.2. The highest BCUT2D eigenvalue weighted by Crippen LogP contribution is 2.40. The molecule has 1 saturated carbocycles. The molecule has 1 nitrogen and oxygen atoms in total. The van der Waals surface area contributed by atoms with Gasteiger partial charge < -0.3 is 4.74 Å². The molecule has 1 saturated heterocycles. The average Bonchev–Trinajstić information content (AvgIpc) is 2.05. The van der Waals surface area contributed by atoms with Gasteiger partial charge in [-0.2, -0.15) is 0 Å². The minimum Gasteiger partial charge on any atom is -0.375 e. The molecule has 0 bridgehead atoms. The second kappa shape index (κ2) is 3.67. The third-order valence-corrected chi connectivity index (χ3v) is 3.98. The number of ether oxygens (including phenoxy) is 1. The number of halogens is 1. The standard InChI is InChI=1S/C10H17BrO/c11-9-4-7-12-10(8-9)5-2-1-3-6-10/h9H,1-8H2. The lowest BCUT2D eigenvalue weighted by molar-refractivity contribution is -0.0964. The number of alkyl halides is 1. The monoisotopic (exact) mass is 232 g/mol. The first-order valence-electron chi connectivity index (χ1n) is 5.09. The minimum atomic E-state index is 0.282. The predicted octanol–water partition coefficient (Wildman–Crippen LogP) is 3.26. The average molecular weight is 233 g/mol. The molecule has 2 heteroatoms. The second-order valence-electron chi connectivity index (χ2n) is 4.18. The molecule has 12 heavy (non-hydrogen) atoms. The summed E-state index contributed by atoms with van der Waals surface area (Å²) in [5, 5.41) is 0. The molecule has 2 aliphatic rings. The number of rotatable bonds is 0. The molecule has 1 heterocycles. The second-order valence-corrected chi connectivity index (χ2v) is 5.48. The molecule has 0 aromatic heterocycles. The molecule has 1 atom stereocenters. The van der Waals surface area contributed by atoms with Crippen molar-refractivity contribution >= 4 is 15.9 Å². The Morgan fingerprint density at radius 3 is 2.58 bits per heavy atom. The van der Waals surface area contributed by atoms with Crippen molar-refractivity contribution in [1.82, 2.24) is 0 Å². The van der Waals surface area contributed by atoms with E-state index >= 15 is 0 Å². The van der Waals surface area contributed by atoms with Crippen LogP contribution in [0.4, 0.5) is 0 Å². The van der Waals surface area contributed by atoms with E-state index in [9.17, 15) is 0 Å². The van der Waals surface area contributed by atoms with E-state index < -0.39 is 0 Å². The van der Waals surface area contributed by atoms with Crippen LogP contribution in [-0.4, -0.2) is 17.0 Å². The summed E-state index contributed by atoms with van der Waals surface area (Å²) >= 11 is 3.72. The van der Waals surface area contributed by atoms with Crippen LogP contribution in [0.2, 0.25) is 0 Å². The Hall–Kier alpha value is 0.440. The van der Waals surface area contributed by atoms with Gasteiger partial charge in [0.1, 0.15) is 0 Å². The molecule has 2 fully saturated rings. The first-order chi connectivity index (χ1) is 5.81. The fourth-order valence-electron chi connectivity index (χ4n) is 2.51. The van der Waals surface area contributed by atoms with Crippen LogP contribution in [0.15, 0.2) is 0 Å². The fourth-order valence-corrected chi connectivity index (χ4v) is 3.29. The van der Waals surface area contributed by atoms with E-state index in [0.29, 0.717) is 4.83 Å². The summed E-state index contributed by atoms with van der Waals surface area (Å²) in [5.41, 5.74) is 0.282. The molecule has 1 aliphatic carbocycles. The van der Waals surface area contributed by atoms with Gasteiger partial charge in [-0.25, -0.2) is 0 Å². The molecule has 0 amide bonds. The summed E-state index contributed by atoms with van der Waals surface area (Å²) in [7, 11) is 0. The summed E-state index contributed by atoms with van der Waals surface area (Å²) in [6.45, 7) is 0.968. The summed E-state index contributed by atoms with van der Waals surface area (Å²) in [5.74, 6) is 0. The molecule has 1 unspecified atom stereocenters. The highest BCUT2D eigenvalue weighted by atomic mass is 79.9. The molecule has 0 aromatic rings. The maximum absolute atomic E-state index is 5.95. The third-order valence-electron chi connectivity index (χ3n) is 3.20. The molecule has 2 rings (SSSR count). The Bertz CT molecular complexity index is 146. The van der Waals surface area contributed by atoms with Crippen molar-refractivity contribution < 1.29 is 4.74 Å². The zero-order valence-corrected chi connectivity index (χ0v) is 9.11.